The second-order valence-electron chi connectivity index (χ2n) is 5.66. The third-order valence-electron chi connectivity index (χ3n) is 3.48. The Labute approximate surface area is 156 Å². The van der Waals surface area contributed by atoms with Gasteiger partial charge in [0, 0.05) is 30.5 Å². The van der Waals surface area contributed by atoms with Crippen LogP contribution in [0, 0.1) is 0 Å². The standard InChI is InChI=1S/C17H21N3O4S2/c1-12(16-4-3-11-25-16)19-17(22)9-10-18-26(23,24)15-7-5-14(6-8-15)20-13(2)21/h3-8,11-12,18H,9-10H2,1-2H3,(H,19,22)(H,20,21)/t12-/m1/s1. The number of benzene rings is 1. The van der Waals surface area contributed by atoms with E-state index >= 15 is 0 Å². The monoisotopic (exact) mass is 395 g/mol. The lowest BCUT2D eigenvalue weighted by Gasteiger charge is -2.12. The van der Waals surface area contributed by atoms with E-state index in [4.69, 9.17) is 0 Å². The number of rotatable bonds is 8. The molecule has 1 aromatic carbocycles. The summed E-state index contributed by atoms with van der Waals surface area (Å²) < 4.78 is 26.9. The van der Waals surface area contributed by atoms with Crippen LogP contribution < -0.4 is 15.4 Å². The Kier molecular flexibility index (Phi) is 6.90. The van der Waals surface area contributed by atoms with E-state index in [1.807, 2.05) is 24.4 Å². The van der Waals surface area contributed by atoms with Crippen LogP contribution in [-0.4, -0.2) is 26.8 Å². The number of thiophene rings is 1. The Morgan fingerprint density at radius 3 is 2.42 bits per heavy atom. The molecule has 1 aromatic heterocycles. The van der Waals surface area contributed by atoms with Gasteiger partial charge in [0.1, 0.15) is 0 Å². The van der Waals surface area contributed by atoms with E-state index in [0.717, 1.165) is 4.88 Å². The van der Waals surface area contributed by atoms with Gasteiger partial charge in [-0.15, -0.1) is 11.3 Å². The third-order valence-corrected chi connectivity index (χ3v) is 6.01. The van der Waals surface area contributed by atoms with E-state index in [1.54, 1.807) is 11.3 Å². The second kappa shape index (κ2) is 8.93. The zero-order valence-corrected chi connectivity index (χ0v) is 16.1. The number of amides is 2. The van der Waals surface area contributed by atoms with Crippen molar-refractivity contribution < 1.29 is 18.0 Å². The van der Waals surface area contributed by atoms with Gasteiger partial charge in [-0.2, -0.15) is 0 Å². The molecular weight excluding hydrogens is 374 g/mol. The number of sulfonamides is 1. The van der Waals surface area contributed by atoms with E-state index < -0.39 is 10.0 Å². The molecule has 1 atom stereocenters. The minimum Gasteiger partial charge on any atom is -0.349 e. The molecule has 1 heterocycles. The Bertz CT molecular complexity index is 847. The summed E-state index contributed by atoms with van der Waals surface area (Å²) in [6, 6.07) is 9.53. The second-order valence-corrected chi connectivity index (χ2v) is 8.40. The van der Waals surface area contributed by atoms with Gasteiger partial charge in [0.05, 0.1) is 10.9 Å². The average molecular weight is 396 g/mol. The van der Waals surface area contributed by atoms with E-state index in [1.165, 1.54) is 31.2 Å². The maximum absolute atomic E-state index is 12.2. The van der Waals surface area contributed by atoms with Crippen molar-refractivity contribution in [3.63, 3.8) is 0 Å². The number of nitrogens with one attached hydrogen (secondary N) is 3. The van der Waals surface area contributed by atoms with Gasteiger partial charge in [0.25, 0.3) is 0 Å². The molecule has 2 rings (SSSR count). The van der Waals surface area contributed by atoms with Crippen molar-refractivity contribution in [2.24, 2.45) is 0 Å². The summed E-state index contributed by atoms with van der Waals surface area (Å²) >= 11 is 1.55. The van der Waals surface area contributed by atoms with Gasteiger partial charge in [-0.25, -0.2) is 13.1 Å². The van der Waals surface area contributed by atoms with Gasteiger partial charge in [-0.1, -0.05) is 6.07 Å². The van der Waals surface area contributed by atoms with Crippen molar-refractivity contribution in [1.82, 2.24) is 10.0 Å². The molecule has 0 saturated carbocycles. The van der Waals surface area contributed by atoms with Crippen LogP contribution in [-0.2, 0) is 19.6 Å². The Morgan fingerprint density at radius 2 is 1.85 bits per heavy atom. The predicted molar refractivity (Wildman–Crippen MR) is 101 cm³/mol. The number of hydrogen-bond acceptors (Lipinski definition) is 5. The Morgan fingerprint density at radius 1 is 1.15 bits per heavy atom. The lowest BCUT2D eigenvalue weighted by molar-refractivity contribution is -0.121. The maximum Gasteiger partial charge on any atom is 0.240 e. The summed E-state index contributed by atoms with van der Waals surface area (Å²) in [7, 11) is -3.71. The molecule has 0 saturated heterocycles. The van der Waals surface area contributed by atoms with Crippen molar-refractivity contribution >= 4 is 38.9 Å². The molecule has 140 valence electrons. The van der Waals surface area contributed by atoms with E-state index in [0.29, 0.717) is 5.69 Å². The summed E-state index contributed by atoms with van der Waals surface area (Å²) in [6.45, 7) is 3.25. The third kappa shape index (κ3) is 5.94. The van der Waals surface area contributed by atoms with Gasteiger partial charge < -0.3 is 10.6 Å². The summed E-state index contributed by atoms with van der Waals surface area (Å²) in [6.07, 6.45) is 0.0406. The van der Waals surface area contributed by atoms with Crippen molar-refractivity contribution in [2.45, 2.75) is 31.2 Å². The molecule has 0 aliphatic rings. The molecule has 0 spiro atoms. The van der Waals surface area contributed by atoms with Crippen LogP contribution in [0.2, 0.25) is 0 Å². The van der Waals surface area contributed by atoms with Crippen molar-refractivity contribution in [3.8, 4) is 0 Å². The number of anilines is 1. The van der Waals surface area contributed by atoms with E-state index in [2.05, 4.69) is 15.4 Å². The highest BCUT2D eigenvalue weighted by Gasteiger charge is 2.15. The first-order chi connectivity index (χ1) is 12.3. The van der Waals surface area contributed by atoms with Crippen LogP contribution in [0.3, 0.4) is 0 Å². The summed E-state index contributed by atoms with van der Waals surface area (Å²) in [5, 5.41) is 7.33. The van der Waals surface area contributed by atoms with Crippen LogP contribution in [0.5, 0.6) is 0 Å². The summed E-state index contributed by atoms with van der Waals surface area (Å²) in [5.74, 6) is -0.462. The van der Waals surface area contributed by atoms with Crippen LogP contribution in [0.15, 0.2) is 46.7 Å². The minimum absolute atomic E-state index is 0.00122. The highest BCUT2D eigenvalue weighted by molar-refractivity contribution is 7.89. The molecule has 2 aromatic rings. The smallest absolute Gasteiger partial charge is 0.240 e. The molecule has 0 aliphatic carbocycles. The first-order valence-electron chi connectivity index (χ1n) is 7.98. The summed E-state index contributed by atoms with van der Waals surface area (Å²) in [5.41, 5.74) is 0.512. The molecule has 0 unspecified atom stereocenters. The number of carbonyl (C=O) groups is 2. The van der Waals surface area contributed by atoms with Crippen LogP contribution in [0.25, 0.3) is 0 Å². The fourth-order valence-electron chi connectivity index (χ4n) is 2.23. The minimum atomic E-state index is -3.71. The molecule has 3 N–H and O–H groups in total. The molecule has 9 heteroatoms. The van der Waals surface area contributed by atoms with Gasteiger partial charge in [0.2, 0.25) is 21.8 Å². The van der Waals surface area contributed by atoms with E-state index in [-0.39, 0.29) is 35.7 Å². The summed E-state index contributed by atoms with van der Waals surface area (Å²) in [4.78, 5) is 24.0. The normalized spacial score (nSPS) is 12.4. The highest BCUT2D eigenvalue weighted by Crippen LogP contribution is 2.18. The maximum atomic E-state index is 12.2. The largest absolute Gasteiger partial charge is 0.349 e. The van der Waals surface area contributed by atoms with Crippen LogP contribution in [0.1, 0.15) is 31.2 Å². The SMILES string of the molecule is CC(=O)Nc1ccc(S(=O)(=O)NCCC(=O)N[C@H](C)c2cccs2)cc1. The Balaban J connectivity index is 1.83. The lowest BCUT2D eigenvalue weighted by Crippen LogP contribution is -2.31. The van der Waals surface area contributed by atoms with E-state index in [9.17, 15) is 18.0 Å². The molecule has 2 amide bonds. The highest BCUT2D eigenvalue weighted by atomic mass is 32.2. The Hall–Kier alpha value is -2.23. The van der Waals surface area contributed by atoms with Crippen LogP contribution in [0.4, 0.5) is 5.69 Å². The number of hydrogen-bond donors (Lipinski definition) is 3. The van der Waals surface area contributed by atoms with Crippen LogP contribution >= 0.6 is 11.3 Å². The molecule has 0 bridgehead atoms. The first-order valence-corrected chi connectivity index (χ1v) is 10.3. The van der Waals surface area contributed by atoms with Gasteiger partial charge in [-0.3, -0.25) is 9.59 Å². The van der Waals surface area contributed by atoms with Gasteiger partial charge in [-0.05, 0) is 42.6 Å². The number of carbonyl (C=O) groups excluding carboxylic acids is 2. The lowest BCUT2D eigenvalue weighted by atomic mass is 10.2. The average Bonchev–Trinajstić information content (AvgIpc) is 3.09. The molecular formula is C17H21N3O4S2. The predicted octanol–water partition coefficient (Wildman–Crippen LogP) is 2.25. The van der Waals surface area contributed by atoms with Gasteiger partial charge in [0.15, 0.2) is 0 Å². The van der Waals surface area contributed by atoms with Gasteiger partial charge >= 0.3 is 0 Å². The first kappa shape index (κ1) is 20.1. The van der Waals surface area contributed by atoms with Crippen molar-refractivity contribution in [1.29, 1.82) is 0 Å². The fraction of sp³-hybridized carbons (Fsp3) is 0.294. The zero-order chi connectivity index (χ0) is 19.2. The fourth-order valence-corrected chi connectivity index (χ4v) is 3.99. The topological polar surface area (TPSA) is 104 Å². The van der Waals surface area contributed by atoms with Crippen molar-refractivity contribution in [2.75, 3.05) is 11.9 Å². The zero-order valence-electron chi connectivity index (χ0n) is 14.5. The quantitative estimate of drug-likeness (QED) is 0.638. The molecule has 26 heavy (non-hydrogen) atoms. The molecule has 0 radical (unpaired) electrons. The molecule has 0 aliphatic heterocycles. The molecule has 7 nitrogen and oxygen atoms in total. The molecule has 0 fully saturated rings. The van der Waals surface area contributed by atoms with Crippen molar-refractivity contribution in [3.05, 3.63) is 46.7 Å².